The molecule has 142 valence electrons. The summed E-state index contributed by atoms with van der Waals surface area (Å²) in [6.45, 7) is 1.63. The van der Waals surface area contributed by atoms with E-state index in [1.807, 2.05) is 30.3 Å². The molecule has 2 N–H and O–H groups in total. The molecule has 6 nitrogen and oxygen atoms in total. The zero-order valence-electron chi connectivity index (χ0n) is 14.9. The number of amides is 2. The van der Waals surface area contributed by atoms with Gasteiger partial charge in [0, 0.05) is 16.6 Å². The standard InChI is InChI=1S/C20H21BrN2O4/c1-14(19(25)22-12-11-15-5-3-2-4-6-15)27-18(24)13-23-20(26)16-7-9-17(21)10-8-16/h2-10,14H,11-13H2,1H3,(H,22,25)(H,23,26). The summed E-state index contributed by atoms with van der Waals surface area (Å²) in [4.78, 5) is 35.7. The second-order valence-corrected chi connectivity index (χ2v) is 6.76. The van der Waals surface area contributed by atoms with E-state index in [0.717, 1.165) is 10.0 Å². The Bertz CT molecular complexity index is 778. The molecule has 2 aromatic rings. The van der Waals surface area contributed by atoms with Gasteiger partial charge in [-0.3, -0.25) is 14.4 Å². The Balaban J connectivity index is 1.68. The highest BCUT2D eigenvalue weighted by atomic mass is 79.9. The molecule has 2 amide bonds. The topological polar surface area (TPSA) is 84.5 Å². The molecule has 1 unspecified atom stereocenters. The molecule has 2 aromatic carbocycles. The van der Waals surface area contributed by atoms with Crippen LogP contribution in [0, 0.1) is 0 Å². The Kier molecular flexibility index (Phi) is 8.00. The normalized spacial score (nSPS) is 11.3. The van der Waals surface area contributed by atoms with Crippen molar-refractivity contribution in [2.24, 2.45) is 0 Å². The first-order valence-corrected chi connectivity index (χ1v) is 9.30. The van der Waals surface area contributed by atoms with Crippen molar-refractivity contribution >= 4 is 33.7 Å². The van der Waals surface area contributed by atoms with Gasteiger partial charge in [-0.1, -0.05) is 46.3 Å². The van der Waals surface area contributed by atoms with Crippen molar-refractivity contribution in [2.75, 3.05) is 13.1 Å². The molecule has 0 fully saturated rings. The van der Waals surface area contributed by atoms with E-state index >= 15 is 0 Å². The van der Waals surface area contributed by atoms with Gasteiger partial charge in [-0.15, -0.1) is 0 Å². The van der Waals surface area contributed by atoms with Crippen molar-refractivity contribution < 1.29 is 19.1 Å². The van der Waals surface area contributed by atoms with Gasteiger partial charge in [-0.05, 0) is 43.2 Å². The highest BCUT2D eigenvalue weighted by molar-refractivity contribution is 9.10. The van der Waals surface area contributed by atoms with E-state index in [4.69, 9.17) is 4.74 Å². The molecule has 0 aliphatic heterocycles. The predicted molar refractivity (Wildman–Crippen MR) is 105 cm³/mol. The average molecular weight is 433 g/mol. The van der Waals surface area contributed by atoms with E-state index in [-0.39, 0.29) is 18.4 Å². The van der Waals surface area contributed by atoms with E-state index in [1.54, 1.807) is 24.3 Å². The molecule has 27 heavy (non-hydrogen) atoms. The van der Waals surface area contributed by atoms with E-state index in [9.17, 15) is 14.4 Å². The highest BCUT2D eigenvalue weighted by Gasteiger charge is 2.18. The molecule has 0 aliphatic rings. The van der Waals surface area contributed by atoms with Crippen molar-refractivity contribution in [1.29, 1.82) is 0 Å². The van der Waals surface area contributed by atoms with Crippen molar-refractivity contribution in [1.82, 2.24) is 10.6 Å². The van der Waals surface area contributed by atoms with E-state index < -0.39 is 12.1 Å². The minimum atomic E-state index is -0.933. The zero-order chi connectivity index (χ0) is 19.6. The first-order valence-electron chi connectivity index (χ1n) is 8.50. The Morgan fingerprint density at radius 2 is 1.67 bits per heavy atom. The van der Waals surface area contributed by atoms with Gasteiger partial charge in [-0.2, -0.15) is 0 Å². The Labute approximate surface area is 166 Å². The van der Waals surface area contributed by atoms with Crippen LogP contribution in [0.15, 0.2) is 59.1 Å². The minimum Gasteiger partial charge on any atom is -0.451 e. The molecular weight excluding hydrogens is 412 g/mol. The summed E-state index contributed by atoms with van der Waals surface area (Å²) in [6, 6.07) is 16.5. The lowest BCUT2D eigenvalue weighted by molar-refractivity contribution is -0.153. The average Bonchev–Trinajstić information content (AvgIpc) is 2.67. The molecule has 0 aliphatic carbocycles. The van der Waals surface area contributed by atoms with E-state index in [2.05, 4.69) is 26.6 Å². The van der Waals surface area contributed by atoms with Crippen LogP contribution < -0.4 is 10.6 Å². The summed E-state index contributed by atoms with van der Waals surface area (Å²) >= 11 is 3.28. The summed E-state index contributed by atoms with van der Waals surface area (Å²) in [7, 11) is 0. The van der Waals surface area contributed by atoms with Crippen molar-refractivity contribution in [3.05, 3.63) is 70.2 Å². The monoisotopic (exact) mass is 432 g/mol. The Hall–Kier alpha value is -2.67. The maximum Gasteiger partial charge on any atom is 0.326 e. The second-order valence-electron chi connectivity index (χ2n) is 5.85. The first kappa shape index (κ1) is 20.6. The summed E-state index contributed by atoms with van der Waals surface area (Å²) in [5.74, 6) is -1.44. The number of hydrogen-bond acceptors (Lipinski definition) is 4. The number of nitrogens with one attached hydrogen (secondary N) is 2. The van der Waals surface area contributed by atoms with Crippen LogP contribution in [-0.2, 0) is 20.7 Å². The molecule has 0 radical (unpaired) electrons. The molecule has 0 aromatic heterocycles. The van der Waals surface area contributed by atoms with Crippen LogP contribution in [0.1, 0.15) is 22.8 Å². The fourth-order valence-corrected chi connectivity index (χ4v) is 2.53. The molecule has 0 heterocycles. The summed E-state index contributed by atoms with van der Waals surface area (Å²) in [5, 5.41) is 5.19. The number of hydrogen-bond donors (Lipinski definition) is 2. The lowest BCUT2D eigenvalue weighted by atomic mass is 10.1. The smallest absolute Gasteiger partial charge is 0.326 e. The maximum absolute atomic E-state index is 12.0. The van der Waals surface area contributed by atoms with Crippen molar-refractivity contribution in [3.63, 3.8) is 0 Å². The Morgan fingerprint density at radius 1 is 1.00 bits per heavy atom. The summed E-state index contributed by atoms with van der Waals surface area (Å²) < 4.78 is 5.90. The van der Waals surface area contributed by atoms with Crippen LogP contribution in [0.5, 0.6) is 0 Å². The van der Waals surface area contributed by atoms with Gasteiger partial charge >= 0.3 is 5.97 Å². The van der Waals surface area contributed by atoms with Gasteiger partial charge in [0.1, 0.15) is 6.54 Å². The number of esters is 1. The molecular formula is C20H21BrN2O4. The maximum atomic E-state index is 12.0. The number of benzene rings is 2. The third-order valence-corrected chi connectivity index (χ3v) is 4.26. The van der Waals surface area contributed by atoms with Crippen LogP contribution in [0.4, 0.5) is 0 Å². The zero-order valence-corrected chi connectivity index (χ0v) is 16.5. The van der Waals surface area contributed by atoms with E-state index in [0.29, 0.717) is 18.5 Å². The Morgan fingerprint density at radius 3 is 2.33 bits per heavy atom. The summed E-state index contributed by atoms with van der Waals surface area (Å²) in [5.41, 5.74) is 1.54. The van der Waals surface area contributed by atoms with E-state index in [1.165, 1.54) is 6.92 Å². The van der Waals surface area contributed by atoms with Gasteiger partial charge in [0.2, 0.25) is 0 Å². The van der Waals surface area contributed by atoms with Crippen LogP contribution >= 0.6 is 15.9 Å². The number of rotatable bonds is 8. The first-order chi connectivity index (χ1) is 13.0. The molecule has 7 heteroatoms. The van der Waals surface area contributed by atoms with Gasteiger partial charge < -0.3 is 15.4 Å². The molecule has 0 saturated carbocycles. The molecule has 0 bridgehead atoms. The predicted octanol–water partition coefficient (Wildman–Crippen LogP) is 2.47. The van der Waals surface area contributed by atoms with Crippen molar-refractivity contribution in [3.8, 4) is 0 Å². The molecule has 0 spiro atoms. The minimum absolute atomic E-state index is 0.309. The fourth-order valence-electron chi connectivity index (χ4n) is 2.27. The SMILES string of the molecule is CC(OC(=O)CNC(=O)c1ccc(Br)cc1)C(=O)NCCc1ccccc1. The van der Waals surface area contributed by atoms with Gasteiger partial charge in [0.15, 0.2) is 6.10 Å². The van der Waals surface area contributed by atoms with Crippen molar-refractivity contribution in [2.45, 2.75) is 19.4 Å². The highest BCUT2D eigenvalue weighted by Crippen LogP contribution is 2.10. The summed E-state index contributed by atoms with van der Waals surface area (Å²) in [6.07, 6.45) is -0.242. The van der Waals surface area contributed by atoms with Crippen LogP contribution in [-0.4, -0.2) is 37.0 Å². The quantitative estimate of drug-likeness (QED) is 0.627. The lowest BCUT2D eigenvalue weighted by Gasteiger charge is -2.14. The molecule has 1 atom stereocenters. The third-order valence-electron chi connectivity index (χ3n) is 3.73. The van der Waals surface area contributed by atoms with Gasteiger partial charge in [-0.25, -0.2) is 0 Å². The number of halogens is 1. The second kappa shape index (κ2) is 10.5. The largest absolute Gasteiger partial charge is 0.451 e. The van der Waals surface area contributed by atoms with Crippen LogP contribution in [0.3, 0.4) is 0 Å². The number of carbonyl (C=O) groups excluding carboxylic acids is 3. The van der Waals surface area contributed by atoms with Crippen LogP contribution in [0.25, 0.3) is 0 Å². The van der Waals surface area contributed by atoms with Crippen LogP contribution in [0.2, 0.25) is 0 Å². The van der Waals surface area contributed by atoms with Gasteiger partial charge in [0.05, 0.1) is 0 Å². The lowest BCUT2D eigenvalue weighted by Crippen LogP contribution is -2.39. The number of ether oxygens (including phenoxy) is 1. The molecule has 2 rings (SSSR count). The fraction of sp³-hybridized carbons (Fsp3) is 0.250. The third kappa shape index (κ3) is 7.22. The number of carbonyl (C=O) groups is 3. The molecule has 0 saturated heterocycles. The van der Waals surface area contributed by atoms with Gasteiger partial charge in [0.25, 0.3) is 11.8 Å².